The smallest absolute Gasteiger partial charge is 0.325 e. The average molecular weight is 278 g/mol. The first kappa shape index (κ1) is 14.8. The van der Waals surface area contributed by atoms with Gasteiger partial charge in [0, 0.05) is 11.8 Å². The van der Waals surface area contributed by atoms with Crippen LogP contribution in [0, 0.1) is 17.3 Å². The molecule has 1 aliphatic carbocycles. The summed E-state index contributed by atoms with van der Waals surface area (Å²) in [6.07, 6.45) is 7.33. The van der Waals surface area contributed by atoms with Crippen molar-refractivity contribution in [2.24, 2.45) is 17.3 Å². The van der Waals surface area contributed by atoms with E-state index in [2.05, 4.69) is 6.08 Å². The van der Waals surface area contributed by atoms with E-state index in [0.717, 1.165) is 12.8 Å². The zero-order valence-electron chi connectivity index (χ0n) is 12.5. The molecule has 0 radical (unpaired) electrons. The number of esters is 2. The Kier molecular flexibility index (Phi) is 4.02. The van der Waals surface area contributed by atoms with Crippen LogP contribution in [0.5, 0.6) is 0 Å². The number of fused-ring (bicyclic) bond motifs is 1. The second-order valence-corrected chi connectivity index (χ2v) is 5.86. The molecule has 0 saturated carbocycles. The summed E-state index contributed by atoms with van der Waals surface area (Å²) in [5.74, 6) is -1.30. The minimum Gasteiger partial charge on any atom is -0.468 e. The molecule has 0 bridgehead atoms. The largest absolute Gasteiger partial charge is 0.468 e. The van der Waals surface area contributed by atoms with Crippen molar-refractivity contribution in [2.75, 3.05) is 7.11 Å². The van der Waals surface area contributed by atoms with Crippen molar-refractivity contribution in [1.29, 1.82) is 0 Å². The van der Waals surface area contributed by atoms with Crippen LogP contribution in [0.25, 0.3) is 0 Å². The third kappa shape index (κ3) is 2.07. The van der Waals surface area contributed by atoms with Gasteiger partial charge in [-0.25, -0.2) is 0 Å². The molecule has 0 aromatic heterocycles. The summed E-state index contributed by atoms with van der Waals surface area (Å²) in [4.78, 5) is 24.5. The van der Waals surface area contributed by atoms with Gasteiger partial charge in [-0.2, -0.15) is 0 Å². The Morgan fingerprint density at radius 3 is 2.75 bits per heavy atom. The van der Waals surface area contributed by atoms with Crippen LogP contribution in [0.2, 0.25) is 0 Å². The number of allylic oxidation sites excluding steroid dienone is 3. The van der Waals surface area contributed by atoms with Crippen LogP contribution in [0.3, 0.4) is 0 Å². The van der Waals surface area contributed by atoms with Gasteiger partial charge in [-0.3, -0.25) is 9.59 Å². The molecule has 2 rings (SSSR count). The van der Waals surface area contributed by atoms with Crippen LogP contribution in [0.15, 0.2) is 23.8 Å². The first-order valence-electron chi connectivity index (χ1n) is 7.05. The molecule has 20 heavy (non-hydrogen) atoms. The molecule has 1 saturated heterocycles. The van der Waals surface area contributed by atoms with Crippen LogP contribution in [-0.2, 0) is 19.1 Å². The summed E-state index contributed by atoms with van der Waals surface area (Å²) in [7, 11) is 1.32. The number of hydrogen-bond donors (Lipinski definition) is 0. The van der Waals surface area contributed by atoms with Gasteiger partial charge >= 0.3 is 11.9 Å². The predicted molar refractivity (Wildman–Crippen MR) is 74.8 cm³/mol. The summed E-state index contributed by atoms with van der Waals surface area (Å²) < 4.78 is 10.4. The number of hydrogen-bond acceptors (Lipinski definition) is 4. The zero-order chi connectivity index (χ0) is 14.9. The maximum Gasteiger partial charge on any atom is 0.325 e. The van der Waals surface area contributed by atoms with Gasteiger partial charge in [-0.1, -0.05) is 30.7 Å². The van der Waals surface area contributed by atoms with Crippen molar-refractivity contribution in [2.45, 2.75) is 39.7 Å². The number of rotatable bonds is 4. The van der Waals surface area contributed by atoms with E-state index in [9.17, 15) is 9.59 Å². The maximum atomic E-state index is 12.3. The Bertz CT molecular complexity index is 473. The molecule has 4 heteroatoms. The van der Waals surface area contributed by atoms with Gasteiger partial charge in [0.05, 0.1) is 7.11 Å². The van der Waals surface area contributed by atoms with Gasteiger partial charge in [0.25, 0.3) is 0 Å². The molecule has 110 valence electrons. The molecule has 0 N–H and O–H groups in total. The van der Waals surface area contributed by atoms with Gasteiger partial charge in [-0.15, -0.1) is 0 Å². The Hall–Kier alpha value is -1.58. The lowest BCUT2D eigenvalue weighted by Crippen LogP contribution is -2.44. The van der Waals surface area contributed by atoms with Gasteiger partial charge in [0.2, 0.25) is 0 Å². The molecule has 4 nitrogen and oxygen atoms in total. The first-order valence-corrected chi connectivity index (χ1v) is 7.05. The zero-order valence-corrected chi connectivity index (χ0v) is 12.5. The monoisotopic (exact) mass is 278 g/mol. The van der Waals surface area contributed by atoms with Crippen molar-refractivity contribution in [3.05, 3.63) is 23.8 Å². The predicted octanol–water partition coefficient (Wildman–Crippen LogP) is 2.64. The Labute approximate surface area is 119 Å². The molecule has 1 fully saturated rings. The summed E-state index contributed by atoms with van der Waals surface area (Å²) in [5, 5.41) is 0. The molecular weight excluding hydrogens is 256 g/mol. The van der Waals surface area contributed by atoms with Crippen LogP contribution < -0.4 is 0 Å². The molecule has 0 aromatic carbocycles. The van der Waals surface area contributed by atoms with Crippen LogP contribution in [0.1, 0.15) is 33.6 Å². The Balaban J connectivity index is 2.22. The fraction of sp³-hybridized carbons (Fsp3) is 0.625. The van der Waals surface area contributed by atoms with E-state index in [1.807, 2.05) is 32.9 Å². The van der Waals surface area contributed by atoms with E-state index in [-0.39, 0.29) is 17.9 Å². The quantitative estimate of drug-likeness (QED) is 0.450. The number of carbonyl (C=O) groups is 2. The SMILES string of the molecule is COC(=O)[C@@]12C(=O)O[C@H](CCC=C(C)C)[C@@H]1C=C[C@H]2C. The lowest BCUT2D eigenvalue weighted by molar-refractivity contribution is -0.166. The van der Waals surface area contributed by atoms with Crippen molar-refractivity contribution < 1.29 is 19.1 Å². The second-order valence-electron chi connectivity index (χ2n) is 5.86. The van der Waals surface area contributed by atoms with Crippen molar-refractivity contribution >= 4 is 11.9 Å². The Morgan fingerprint density at radius 2 is 2.15 bits per heavy atom. The third-order valence-electron chi connectivity index (χ3n) is 4.37. The molecule has 2 aliphatic rings. The second kappa shape index (κ2) is 5.43. The van der Waals surface area contributed by atoms with E-state index in [0.29, 0.717) is 0 Å². The molecule has 1 aliphatic heterocycles. The topological polar surface area (TPSA) is 52.6 Å². The van der Waals surface area contributed by atoms with E-state index in [1.165, 1.54) is 12.7 Å². The number of carbonyl (C=O) groups excluding carboxylic acids is 2. The van der Waals surface area contributed by atoms with Crippen molar-refractivity contribution in [3.8, 4) is 0 Å². The van der Waals surface area contributed by atoms with Gasteiger partial charge in [-0.05, 0) is 26.7 Å². The standard InChI is InChI=1S/C16H22O4/c1-10(2)6-5-7-13-12-9-8-11(3)16(12,14(17)19-4)15(18)20-13/h6,8-9,11-13H,5,7H2,1-4H3/t11-,12+,13-,16+/m1/s1. The van der Waals surface area contributed by atoms with Crippen LogP contribution >= 0.6 is 0 Å². The van der Waals surface area contributed by atoms with E-state index < -0.39 is 17.4 Å². The number of ether oxygens (including phenoxy) is 2. The molecule has 4 atom stereocenters. The highest BCUT2D eigenvalue weighted by Crippen LogP contribution is 2.52. The number of cyclic esters (lactones) is 1. The van der Waals surface area contributed by atoms with E-state index in [1.54, 1.807) is 0 Å². The lowest BCUT2D eigenvalue weighted by atomic mass is 9.71. The first-order chi connectivity index (χ1) is 9.44. The average Bonchev–Trinajstić information content (AvgIpc) is 2.87. The molecule has 0 aromatic rings. The minimum atomic E-state index is -1.16. The van der Waals surface area contributed by atoms with Crippen LogP contribution in [-0.4, -0.2) is 25.2 Å². The van der Waals surface area contributed by atoms with Gasteiger partial charge < -0.3 is 9.47 Å². The number of methoxy groups -OCH3 is 1. The van der Waals surface area contributed by atoms with Gasteiger partial charge in [0.15, 0.2) is 5.41 Å². The van der Waals surface area contributed by atoms with E-state index >= 15 is 0 Å². The molecular formula is C16H22O4. The van der Waals surface area contributed by atoms with Crippen LogP contribution in [0.4, 0.5) is 0 Å². The van der Waals surface area contributed by atoms with Gasteiger partial charge in [0.1, 0.15) is 6.10 Å². The molecule has 0 amide bonds. The van der Waals surface area contributed by atoms with E-state index in [4.69, 9.17) is 9.47 Å². The summed E-state index contributed by atoms with van der Waals surface area (Å²) >= 11 is 0. The lowest BCUT2D eigenvalue weighted by Gasteiger charge is -2.26. The molecule has 0 unspecified atom stereocenters. The summed E-state index contributed by atoms with van der Waals surface area (Å²) in [6, 6.07) is 0. The summed E-state index contributed by atoms with van der Waals surface area (Å²) in [5.41, 5.74) is 0.0774. The fourth-order valence-electron chi connectivity index (χ4n) is 3.29. The summed E-state index contributed by atoms with van der Waals surface area (Å²) in [6.45, 7) is 5.95. The fourth-order valence-corrected chi connectivity index (χ4v) is 3.29. The molecule has 0 spiro atoms. The highest BCUT2D eigenvalue weighted by molar-refractivity contribution is 6.03. The normalized spacial score (nSPS) is 34.6. The maximum absolute atomic E-state index is 12.3. The highest BCUT2D eigenvalue weighted by Gasteiger charge is 2.66. The Morgan fingerprint density at radius 1 is 1.45 bits per heavy atom. The third-order valence-corrected chi connectivity index (χ3v) is 4.37. The minimum absolute atomic E-state index is 0.180. The highest BCUT2D eigenvalue weighted by atomic mass is 16.6. The van der Waals surface area contributed by atoms with Crippen molar-refractivity contribution in [1.82, 2.24) is 0 Å². The van der Waals surface area contributed by atoms with Crippen molar-refractivity contribution in [3.63, 3.8) is 0 Å². The molecule has 1 heterocycles.